The summed E-state index contributed by atoms with van der Waals surface area (Å²) in [5, 5.41) is 0. The van der Waals surface area contributed by atoms with Gasteiger partial charge >= 0.3 is 0 Å². The number of aromatic amines is 1. The standard InChI is InChI=1S/C10H7FN2S/c11-8-3-1-2-7(4-8)9-5-10(14)13-6-12-9/h1-6H,(H,12,13,14). The first-order chi connectivity index (χ1) is 6.75. The molecule has 14 heavy (non-hydrogen) atoms. The van der Waals surface area contributed by atoms with Crippen molar-refractivity contribution in [3.63, 3.8) is 0 Å². The van der Waals surface area contributed by atoms with Crippen molar-refractivity contribution >= 4 is 12.2 Å². The Balaban J connectivity index is 2.55. The third-order valence-corrected chi connectivity index (χ3v) is 2.04. The Bertz CT molecular complexity index is 507. The molecule has 0 bridgehead atoms. The Morgan fingerprint density at radius 1 is 1.29 bits per heavy atom. The van der Waals surface area contributed by atoms with Gasteiger partial charge in [-0.2, -0.15) is 0 Å². The van der Waals surface area contributed by atoms with E-state index in [-0.39, 0.29) is 5.82 Å². The molecule has 4 heteroatoms. The van der Waals surface area contributed by atoms with Crippen LogP contribution < -0.4 is 0 Å². The lowest BCUT2D eigenvalue weighted by atomic mass is 10.1. The summed E-state index contributed by atoms with van der Waals surface area (Å²) in [4.78, 5) is 6.76. The molecular formula is C10H7FN2S. The molecule has 0 spiro atoms. The molecule has 1 aromatic carbocycles. The third kappa shape index (κ3) is 1.85. The van der Waals surface area contributed by atoms with Crippen LogP contribution in [0.4, 0.5) is 4.39 Å². The molecule has 0 amide bonds. The van der Waals surface area contributed by atoms with Gasteiger partial charge in [0.1, 0.15) is 10.5 Å². The Morgan fingerprint density at radius 3 is 2.86 bits per heavy atom. The van der Waals surface area contributed by atoms with E-state index in [9.17, 15) is 4.39 Å². The molecule has 1 heterocycles. The van der Waals surface area contributed by atoms with Crippen molar-refractivity contribution in [2.45, 2.75) is 0 Å². The number of halogens is 1. The van der Waals surface area contributed by atoms with Crippen LogP contribution in [0, 0.1) is 10.5 Å². The van der Waals surface area contributed by atoms with E-state index in [1.807, 2.05) is 6.07 Å². The van der Waals surface area contributed by atoms with Crippen LogP contribution in [0.2, 0.25) is 0 Å². The van der Waals surface area contributed by atoms with Gasteiger partial charge in [-0.15, -0.1) is 0 Å². The van der Waals surface area contributed by atoms with E-state index >= 15 is 0 Å². The van der Waals surface area contributed by atoms with Gasteiger partial charge in [-0.3, -0.25) is 0 Å². The van der Waals surface area contributed by atoms with E-state index in [0.29, 0.717) is 4.64 Å². The van der Waals surface area contributed by atoms with Crippen molar-refractivity contribution in [1.82, 2.24) is 9.97 Å². The zero-order valence-electron chi connectivity index (χ0n) is 7.20. The quantitative estimate of drug-likeness (QED) is 0.727. The van der Waals surface area contributed by atoms with Gasteiger partial charge < -0.3 is 4.98 Å². The molecule has 2 nitrogen and oxygen atoms in total. The number of hydrogen-bond acceptors (Lipinski definition) is 2. The van der Waals surface area contributed by atoms with Gasteiger partial charge in [0.25, 0.3) is 0 Å². The normalized spacial score (nSPS) is 10.1. The van der Waals surface area contributed by atoms with Crippen LogP contribution in [-0.2, 0) is 0 Å². The van der Waals surface area contributed by atoms with Gasteiger partial charge in [0.2, 0.25) is 0 Å². The molecule has 0 fully saturated rings. The van der Waals surface area contributed by atoms with E-state index in [2.05, 4.69) is 9.97 Å². The average Bonchev–Trinajstić information content (AvgIpc) is 2.18. The van der Waals surface area contributed by atoms with Crippen LogP contribution in [0.25, 0.3) is 11.3 Å². The predicted octanol–water partition coefficient (Wildman–Crippen LogP) is 2.95. The summed E-state index contributed by atoms with van der Waals surface area (Å²) in [6, 6.07) is 8.01. The second-order valence-electron chi connectivity index (χ2n) is 2.81. The average molecular weight is 206 g/mol. The summed E-state index contributed by atoms with van der Waals surface area (Å²) in [5.41, 5.74) is 1.53. The monoisotopic (exact) mass is 206 g/mol. The molecule has 1 N–H and O–H groups in total. The molecule has 0 radical (unpaired) electrons. The molecule has 0 saturated carbocycles. The second kappa shape index (κ2) is 3.67. The van der Waals surface area contributed by atoms with E-state index < -0.39 is 0 Å². The maximum Gasteiger partial charge on any atom is 0.130 e. The molecule has 0 unspecified atom stereocenters. The van der Waals surface area contributed by atoms with Gasteiger partial charge in [0, 0.05) is 11.3 Å². The first kappa shape index (κ1) is 9.02. The van der Waals surface area contributed by atoms with Gasteiger partial charge in [0.05, 0.1) is 6.33 Å². The molecule has 0 atom stereocenters. The van der Waals surface area contributed by atoms with Crippen molar-refractivity contribution in [2.24, 2.45) is 0 Å². The molecular weight excluding hydrogens is 199 g/mol. The highest BCUT2D eigenvalue weighted by molar-refractivity contribution is 7.71. The maximum absolute atomic E-state index is 12.9. The Kier molecular flexibility index (Phi) is 2.37. The third-order valence-electron chi connectivity index (χ3n) is 1.82. The Hall–Kier alpha value is -1.55. The van der Waals surface area contributed by atoms with Crippen molar-refractivity contribution in [2.75, 3.05) is 0 Å². The molecule has 1 aromatic heterocycles. The number of nitrogens with zero attached hydrogens (tertiary/aromatic N) is 1. The molecule has 0 aliphatic heterocycles. The number of H-pyrrole nitrogens is 1. The van der Waals surface area contributed by atoms with E-state index in [4.69, 9.17) is 12.2 Å². The van der Waals surface area contributed by atoms with Crippen LogP contribution in [0.15, 0.2) is 36.7 Å². The highest BCUT2D eigenvalue weighted by Gasteiger charge is 1.98. The summed E-state index contributed by atoms with van der Waals surface area (Å²) in [7, 11) is 0. The number of hydrogen-bond donors (Lipinski definition) is 1. The van der Waals surface area contributed by atoms with Crippen LogP contribution in [0.5, 0.6) is 0 Å². The highest BCUT2D eigenvalue weighted by Crippen LogP contribution is 2.16. The molecule has 0 aliphatic carbocycles. The van der Waals surface area contributed by atoms with Crippen LogP contribution >= 0.6 is 12.2 Å². The van der Waals surface area contributed by atoms with E-state index in [1.54, 1.807) is 12.1 Å². The first-order valence-corrected chi connectivity index (χ1v) is 4.47. The number of nitrogens with one attached hydrogen (secondary N) is 1. The minimum Gasteiger partial charge on any atom is -0.346 e. The van der Waals surface area contributed by atoms with Gasteiger partial charge in [-0.1, -0.05) is 24.4 Å². The minimum absolute atomic E-state index is 0.265. The SMILES string of the molecule is Fc1cccc(-c2cc(=S)nc[nH]2)c1. The van der Waals surface area contributed by atoms with Crippen LogP contribution in [-0.4, -0.2) is 9.97 Å². The minimum atomic E-state index is -0.265. The van der Waals surface area contributed by atoms with Gasteiger partial charge in [-0.05, 0) is 18.2 Å². The van der Waals surface area contributed by atoms with Crippen molar-refractivity contribution in [3.8, 4) is 11.3 Å². The van der Waals surface area contributed by atoms with Gasteiger partial charge in [-0.25, -0.2) is 9.37 Å². The summed E-state index contributed by atoms with van der Waals surface area (Å²) in [6.45, 7) is 0. The van der Waals surface area contributed by atoms with Crippen molar-refractivity contribution in [3.05, 3.63) is 47.1 Å². The summed E-state index contributed by atoms with van der Waals surface area (Å²) < 4.78 is 13.4. The number of benzene rings is 1. The molecule has 70 valence electrons. The van der Waals surface area contributed by atoms with Crippen LogP contribution in [0.3, 0.4) is 0 Å². The lowest BCUT2D eigenvalue weighted by molar-refractivity contribution is 0.628. The molecule has 0 saturated heterocycles. The summed E-state index contributed by atoms with van der Waals surface area (Å²) in [5.74, 6) is -0.265. The Labute approximate surface area is 85.5 Å². The molecule has 2 aromatic rings. The fraction of sp³-hybridized carbons (Fsp3) is 0. The molecule has 0 aliphatic rings. The fourth-order valence-corrected chi connectivity index (χ4v) is 1.36. The highest BCUT2D eigenvalue weighted by atomic mass is 32.1. The van der Waals surface area contributed by atoms with Gasteiger partial charge in [0.15, 0.2) is 0 Å². The smallest absolute Gasteiger partial charge is 0.130 e. The molecule has 2 rings (SSSR count). The van der Waals surface area contributed by atoms with E-state index in [0.717, 1.165) is 11.3 Å². The topological polar surface area (TPSA) is 28.7 Å². The fourth-order valence-electron chi connectivity index (χ4n) is 1.19. The Morgan fingerprint density at radius 2 is 2.14 bits per heavy atom. The summed E-state index contributed by atoms with van der Waals surface area (Å²) in [6.07, 6.45) is 1.50. The lowest BCUT2D eigenvalue weighted by Crippen LogP contribution is -1.85. The maximum atomic E-state index is 12.9. The predicted molar refractivity (Wildman–Crippen MR) is 54.8 cm³/mol. The number of aromatic nitrogens is 2. The van der Waals surface area contributed by atoms with Crippen molar-refractivity contribution < 1.29 is 4.39 Å². The number of rotatable bonds is 1. The van der Waals surface area contributed by atoms with E-state index in [1.165, 1.54) is 18.5 Å². The zero-order valence-corrected chi connectivity index (χ0v) is 8.01. The zero-order chi connectivity index (χ0) is 9.97. The van der Waals surface area contributed by atoms with Crippen LogP contribution in [0.1, 0.15) is 0 Å². The van der Waals surface area contributed by atoms with Crippen molar-refractivity contribution in [1.29, 1.82) is 0 Å². The largest absolute Gasteiger partial charge is 0.346 e. The second-order valence-corrected chi connectivity index (χ2v) is 3.23. The first-order valence-electron chi connectivity index (χ1n) is 4.06. The summed E-state index contributed by atoms with van der Waals surface area (Å²) >= 11 is 4.91. The lowest BCUT2D eigenvalue weighted by Gasteiger charge is -2.00.